The highest BCUT2D eigenvalue weighted by Crippen LogP contribution is 2.42. The Morgan fingerprint density at radius 1 is 0.722 bits per heavy atom. The third kappa shape index (κ3) is 3.24. The molecule has 0 aliphatic heterocycles. The molecule has 1 aliphatic carbocycles. The van der Waals surface area contributed by atoms with Crippen molar-refractivity contribution < 1.29 is 4.79 Å². The van der Waals surface area contributed by atoms with E-state index in [1.807, 2.05) is 0 Å². The summed E-state index contributed by atoms with van der Waals surface area (Å²) >= 11 is 0. The molecule has 1 heteroatoms. The Morgan fingerprint density at radius 2 is 1.11 bits per heavy atom. The van der Waals surface area contributed by atoms with Crippen LogP contribution in [-0.4, -0.2) is 5.78 Å². The Balaban J connectivity index is 3.02. The van der Waals surface area contributed by atoms with Gasteiger partial charge in [0.2, 0.25) is 0 Å². The van der Waals surface area contributed by atoms with Crippen molar-refractivity contribution in [1.29, 1.82) is 0 Å². The van der Waals surface area contributed by atoms with Crippen molar-refractivity contribution in [3.8, 4) is 0 Å². The number of ketones is 1. The third-order valence-electron chi connectivity index (χ3n) is 4.13. The van der Waals surface area contributed by atoms with E-state index in [-0.39, 0.29) is 11.8 Å². The van der Waals surface area contributed by atoms with Gasteiger partial charge in [0.05, 0.1) is 0 Å². The number of hydrogen-bond donors (Lipinski definition) is 0. The maximum absolute atomic E-state index is 12.6. The molecule has 0 aromatic rings. The molecule has 104 valence electrons. The minimum atomic E-state index is 0.271. The molecule has 0 heterocycles. The molecule has 18 heavy (non-hydrogen) atoms. The third-order valence-corrected chi connectivity index (χ3v) is 4.13. The maximum Gasteiger partial charge on any atom is 0.147 e. The molecule has 2 atom stereocenters. The minimum Gasteiger partial charge on any atom is -0.298 e. The average Bonchev–Trinajstić information content (AvgIpc) is 2.58. The van der Waals surface area contributed by atoms with Crippen LogP contribution in [0.1, 0.15) is 79.1 Å². The first-order valence-corrected chi connectivity index (χ1v) is 7.96. The van der Waals surface area contributed by atoms with E-state index in [1.54, 1.807) is 0 Å². The number of carbonyl (C=O) groups is 1. The molecule has 0 bridgehead atoms. The second-order valence-electron chi connectivity index (χ2n) is 5.64. The van der Waals surface area contributed by atoms with E-state index in [9.17, 15) is 4.79 Å². The topological polar surface area (TPSA) is 17.1 Å². The van der Waals surface area contributed by atoms with E-state index < -0.39 is 0 Å². The van der Waals surface area contributed by atoms with Gasteiger partial charge in [-0.1, -0.05) is 64.5 Å². The van der Waals surface area contributed by atoms with Crippen molar-refractivity contribution in [2.24, 2.45) is 11.8 Å². The number of Topliss-reactive ketones (excluding diaryl/α,β-unsaturated/α-hetero) is 1. The summed E-state index contributed by atoms with van der Waals surface area (Å²) in [6.45, 7) is 8.86. The van der Waals surface area contributed by atoms with Crippen LogP contribution >= 0.6 is 0 Å². The van der Waals surface area contributed by atoms with Crippen LogP contribution in [0.5, 0.6) is 0 Å². The predicted octanol–water partition coefficient (Wildman–Crippen LogP) is 5.30. The van der Waals surface area contributed by atoms with Crippen LogP contribution in [0.3, 0.4) is 0 Å². The first-order valence-electron chi connectivity index (χ1n) is 7.96. The first kappa shape index (κ1) is 15.5. The monoisotopic (exact) mass is 250 g/mol. The van der Waals surface area contributed by atoms with Crippen molar-refractivity contribution in [2.45, 2.75) is 79.1 Å². The molecule has 1 rings (SSSR count). The Morgan fingerprint density at radius 3 is 1.39 bits per heavy atom. The first-order chi connectivity index (χ1) is 8.71. The van der Waals surface area contributed by atoms with Crippen LogP contribution in [0.25, 0.3) is 0 Å². The lowest BCUT2D eigenvalue weighted by molar-refractivity contribution is -0.123. The van der Waals surface area contributed by atoms with E-state index in [0.717, 1.165) is 38.5 Å². The molecular formula is C17H30O. The molecule has 0 saturated heterocycles. The lowest BCUT2D eigenvalue weighted by Crippen LogP contribution is -2.17. The number of allylic oxidation sites excluding steroid dienone is 2. The van der Waals surface area contributed by atoms with Crippen LogP contribution in [0.2, 0.25) is 0 Å². The molecule has 1 aliphatic rings. The van der Waals surface area contributed by atoms with Crippen LogP contribution < -0.4 is 0 Å². The summed E-state index contributed by atoms with van der Waals surface area (Å²) in [5.74, 6) is 1.09. The van der Waals surface area contributed by atoms with Crippen LogP contribution in [-0.2, 0) is 4.79 Å². The summed E-state index contributed by atoms with van der Waals surface area (Å²) < 4.78 is 0. The zero-order valence-corrected chi connectivity index (χ0v) is 12.7. The van der Waals surface area contributed by atoms with Gasteiger partial charge < -0.3 is 0 Å². The standard InChI is InChI=1S/C17H30O/c1-5-9-13-14(10-6-2)16(12-8-4)17(18)15(13)11-7-3/h15-16H,5-12H2,1-4H3/t15-,16-/m1/s1. The summed E-state index contributed by atoms with van der Waals surface area (Å²) in [6, 6.07) is 0. The zero-order valence-electron chi connectivity index (χ0n) is 12.7. The minimum absolute atomic E-state index is 0.271. The van der Waals surface area contributed by atoms with Crippen LogP contribution in [0.4, 0.5) is 0 Å². The second-order valence-corrected chi connectivity index (χ2v) is 5.64. The molecule has 0 saturated carbocycles. The fourth-order valence-electron chi connectivity index (χ4n) is 3.45. The van der Waals surface area contributed by atoms with Gasteiger partial charge in [-0.3, -0.25) is 4.79 Å². The summed E-state index contributed by atoms with van der Waals surface area (Å²) in [5.41, 5.74) is 3.06. The van der Waals surface area contributed by atoms with Gasteiger partial charge in [0, 0.05) is 11.8 Å². The smallest absolute Gasteiger partial charge is 0.147 e. The van der Waals surface area contributed by atoms with Gasteiger partial charge in [0.15, 0.2) is 0 Å². The van der Waals surface area contributed by atoms with Gasteiger partial charge in [0.25, 0.3) is 0 Å². The molecule has 0 fully saturated rings. The van der Waals surface area contributed by atoms with Gasteiger partial charge in [-0.15, -0.1) is 0 Å². The van der Waals surface area contributed by atoms with Crippen molar-refractivity contribution in [1.82, 2.24) is 0 Å². The van der Waals surface area contributed by atoms with E-state index in [0.29, 0.717) is 5.78 Å². The second kappa shape index (κ2) is 7.76. The molecule has 1 nitrogen and oxygen atoms in total. The van der Waals surface area contributed by atoms with Gasteiger partial charge >= 0.3 is 0 Å². The molecule has 0 aromatic carbocycles. The Labute approximate surface area is 113 Å². The molecule has 0 aromatic heterocycles. The lowest BCUT2D eigenvalue weighted by Gasteiger charge is -2.12. The fourth-order valence-corrected chi connectivity index (χ4v) is 3.45. The van der Waals surface area contributed by atoms with Crippen molar-refractivity contribution in [3.63, 3.8) is 0 Å². The van der Waals surface area contributed by atoms with E-state index in [2.05, 4.69) is 27.7 Å². The quantitative estimate of drug-likeness (QED) is 0.534. The lowest BCUT2D eigenvalue weighted by atomic mass is 9.90. The van der Waals surface area contributed by atoms with E-state index >= 15 is 0 Å². The number of carbonyl (C=O) groups excluding carboxylic acids is 1. The number of rotatable bonds is 8. The predicted molar refractivity (Wildman–Crippen MR) is 78.6 cm³/mol. The van der Waals surface area contributed by atoms with Crippen molar-refractivity contribution in [2.75, 3.05) is 0 Å². The molecular weight excluding hydrogens is 220 g/mol. The van der Waals surface area contributed by atoms with Gasteiger partial charge in [-0.25, -0.2) is 0 Å². The zero-order chi connectivity index (χ0) is 13.5. The molecule has 0 N–H and O–H groups in total. The average molecular weight is 250 g/mol. The molecule has 0 radical (unpaired) electrons. The Kier molecular flexibility index (Phi) is 6.67. The molecule has 0 unspecified atom stereocenters. The SMILES string of the molecule is CCCC1=C(CCC)[C@@H](CCC)C(=O)[C@@H]1CCC. The van der Waals surface area contributed by atoms with Gasteiger partial charge in [-0.05, 0) is 25.7 Å². The van der Waals surface area contributed by atoms with E-state index in [4.69, 9.17) is 0 Å². The fraction of sp³-hybridized carbons (Fsp3) is 0.824. The maximum atomic E-state index is 12.6. The van der Waals surface area contributed by atoms with Gasteiger partial charge in [-0.2, -0.15) is 0 Å². The summed E-state index contributed by atoms with van der Waals surface area (Å²) in [4.78, 5) is 12.6. The molecule has 0 amide bonds. The van der Waals surface area contributed by atoms with Crippen molar-refractivity contribution in [3.05, 3.63) is 11.1 Å². The van der Waals surface area contributed by atoms with E-state index in [1.165, 1.54) is 24.0 Å². The van der Waals surface area contributed by atoms with Gasteiger partial charge in [0.1, 0.15) is 5.78 Å². The normalized spacial score (nSPS) is 24.1. The Bertz CT molecular complexity index is 273. The summed E-state index contributed by atoms with van der Waals surface area (Å²) in [5, 5.41) is 0. The van der Waals surface area contributed by atoms with Crippen LogP contribution in [0, 0.1) is 11.8 Å². The highest BCUT2D eigenvalue weighted by atomic mass is 16.1. The summed E-state index contributed by atoms with van der Waals surface area (Å²) in [7, 11) is 0. The number of hydrogen-bond acceptors (Lipinski definition) is 1. The largest absolute Gasteiger partial charge is 0.298 e. The highest BCUT2D eigenvalue weighted by Gasteiger charge is 2.38. The van der Waals surface area contributed by atoms with Crippen LogP contribution in [0.15, 0.2) is 11.1 Å². The highest BCUT2D eigenvalue weighted by molar-refractivity contribution is 5.92. The molecule has 0 spiro atoms. The Hall–Kier alpha value is -0.590. The van der Waals surface area contributed by atoms with Crippen molar-refractivity contribution >= 4 is 5.78 Å². The summed E-state index contributed by atoms with van der Waals surface area (Å²) in [6.07, 6.45) is 9.04.